The fraction of sp³-hybridized carbons (Fsp3) is 0.941. The predicted octanol–water partition coefficient (Wildman–Crippen LogP) is 6.59. The third-order valence-electron chi connectivity index (χ3n) is 4.19. The molecule has 0 aromatic rings. The van der Waals surface area contributed by atoms with E-state index in [1.165, 1.54) is 61.0 Å². The van der Waals surface area contributed by atoms with Crippen LogP contribution < -0.4 is 3.88 Å². The van der Waals surface area contributed by atoms with Crippen molar-refractivity contribution in [1.29, 1.82) is 0 Å². The maximum absolute atomic E-state index is 5.22. The van der Waals surface area contributed by atoms with Gasteiger partial charge in [-0.1, -0.05) is 0 Å². The number of rotatable bonds is 13. The van der Waals surface area contributed by atoms with Gasteiger partial charge in [0.2, 0.25) is 0 Å². The summed E-state index contributed by atoms with van der Waals surface area (Å²) < 4.78 is 4.37. The molecular weight excluding hydrogens is 378 g/mol. The SMILES string of the molecule is CCCCC(CC)[CH2][Mo]([CH2]C(CC)CCCC)[NH]C(=S)S. The second kappa shape index (κ2) is 14.5. The van der Waals surface area contributed by atoms with Gasteiger partial charge in [-0.05, 0) is 0 Å². The Hall–Kier alpha value is 0.928. The standard InChI is InChI=1S/2C8H17.CH3NS2.Mo/c2*1-4-6-7-8(3)5-2;2-1(3)4;/h2*8H,3-7H2,1-2H3;(H3,2,3,4);/q;;;+1/p-1. The molecule has 0 aliphatic rings. The Bertz CT molecular complexity index is 243. The first-order chi connectivity index (χ1) is 10.1. The second-order valence-corrected chi connectivity index (χ2v) is 11.8. The summed E-state index contributed by atoms with van der Waals surface area (Å²) in [6, 6.07) is 0. The number of thiol groups is 1. The van der Waals surface area contributed by atoms with Gasteiger partial charge in [0.25, 0.3) is 0 Å². The van der Waals surface area contributed by atoms with Crippen molar-refractivity contribution >= 4 is 29.2 Å². The molecule has 0 bridgehead atoms. The van der Waals surface area contributed by atoms with E-state index in [-0.39, 0.29) is 0 Å². The quantitative estimate of drug-likeness (QED) is 0.200. The minimum atomic E-state index is -1.33. The van der Waals surface area contributed by atoms with Crippen LogP contribution in [-0.2, 0) is 17.6 Å². The summed E-state index contributed by atoms with van der Waals surface area (Å²) in [7, 11) is 0. The molecule has 0 aromatic heterocycles. The first-order valence-electron chi connectivity index (χ1n) is 8.74. The van der Waals surface area contributed by atoms with Crippen LogP contribution in [0, 0.1) is 11.8 Å². The molecule has 21 heavy (non-hydrogen) atoms. The van der Waals surface area contributed by atoms with Crippen LogP contribution in [0.3, 0.4) is 0 Å². The van der Waals surface area contributed by atoms with Crippen LogP contribution in [0.2, 0.25) is 9.62 Å². The first-order valence-corrected chi connectivity index (χ1v) is 13.4. The summed E-state index contributed by atoms with van der Waals surface area (Å²) in [6.45, 7) is 9.29. The van der Waals surface area contributed by atoms with Crippen molar-refractivity contribution in [1.82, 2.24) is 3.88 Å². The van der Waals surface area contributed by atoms with Gasteiger partial charge in [-0.15, -0.1) is 0 Å². The Morgan fingerprint density at radius 1 is 0.952 bits per heavy atom. The van der Waals surface area contributed by atoms with E-state index >= 15 is 0 Å². The molecule has 0 aliphatic carbocycles. The number of thiocarbonyl (C=S) groups is 1. The molecule has 0 aromatic carbocycles. The third kappa shape index (κ3) is 12.1. The van der Waals surface area contributed by atoms with E-state index in [9.17, 15) is 0 Å². The van der Waals surface area contributed by atoms with Gasteiger partial charge in [0.05, 0.1) is 0 Å². The zero-order chi connectivity index (χ0) is 16.1. The Labute approximate surface area is 150 Å². The van der Waals surface area contributed by atoms with Crippen molar-refractivity contribution in [2.75, 3.05) is 0 Å². The molecule has 2 atom stereocenters. The molecule has 0 amide bonds. The zero-order valence-electron chi connectivity index (χ0n) is 14.5. The molecule has 2 unspecified atom stereocenters. The van der Waals surface area contributed by atoms with Crippen LogP contribution >= 0.6 is 24.8 Å². The summed E-state index contributed by atoms with van der Waals surface area (Å²) in [5, 5.41) is 0. The van der Waals surface area contributed by atoms with Gasteiger partial charge < -0.3 is 0 Å². The van der Waals surface area contributed by atoms with E-state index in [4.69, 9.17) is 12.2 Å². The van der Waals surface area contributed by atoms with Gasteiger partial charge in [0, 0.05) is 0 Å². The fourth-order valence-electron chi connectivity index (χ4n) is 2.64. The molecule has 0 aliphatic heterocycles. The fourth-order valence-corrected chi connectivity index (χ4v) is 10.2. The monoisotopic (exact) mass is 416 g/mol. The Morgan fingerprint density at radius 2 is 1.38 bits per heavy atom. The molecule has 127 valence electrons. The molecule has 0 heterocycles. The Balaban J connectivity index is 4.49. The molecule has 0 saturated heterocycles. The molecule has 0 spiro atoms. The van der Waals surface area contributed by atoms with Gasteiger partial charge in [-0.3, -0.25) is 0 Å². The summed E-state index contributed by atoms with van der Waals surface area (Å²) >= 11 is 8.23. The summed E-state index contributed by atoms with van der Waals surface area (Å²) in [4.78, 5) is 2.84. The van der Waals surface area contributed by atoms with E-state index in [1.54, 1.807) is 0 Å². The van der Waals surface area contributed by atoms with Crippen molar-refractivity contribution in [3.8, 4) is 0 Å². The molecule has 0 rings (SSSR count). The van der Waals surface area contributed by atoms with Crippen LogP contribution in [0.15, 0.2) is 0 Å². The Morgan fingerprint density at radius 3 is 1.67 bits per heavy atom. The van der Waals surface area contributed by atoms with Crippen molar-refractivity contribution < 1.29 is 17.6 Å². The van der Waals surface area contributed by atoms with E-state index in [1.807, 2.05) is 0 Å². The molecule has 0 saturated carbocycles. The van der Waals surface area contributed by atoms with Gasteiger partial charge in [-0.25, -0.2) is 0 Å². The average molecular weight is 415 g/mol. The molecule has 0 radical (unpaired) electrons. The van der Waals surface area contributed by atoms with E-state index in [0.717, 1.165) is 16.2 Å². The van der Waals surface area contributed by atoms with Crippen LogP contribution in [0.4, 0.5) is 0 Å². The van der Waals surface area contributed by atoms with Crippen LogP contribution in [0.25, 0.3) is 0 Å². The van der Waals surface area contributed by atoms with Crippen molar-refractivity contribution in [3.05, 3.63) is 0 Å². The summed E-state index contributed by atoms with van der Waals surface area (Å²) in [6.07, 6.45) is 10.8. The van der Waals surface area contributed by atoms with Gasteiger partial charge >= 0.3 is 151 Å². The molecule has 0 fully saturated rings. The van der Waals surface area contributed by atoms with Crippen LogP contribution in [0.1, 0.15) is 79.1 Å². The summed E-state index contributed by atoms with van der Waals surface area (Å²) in [5.41, 5.74) is 0. The number of hydrogen-bond acceptors (Lipinski definition) is 1. The van der Waals surface area contributed by atoms with E-state index in [2.05, 4.69) is 44.2 Å². The van der Waals surface area contributed by atoms with Gasteiger partial charge in [-0.2, -0.15) is 0 Å². The summed E-state index contributed by atoms with van der Waals surface area (Å²) in [5.74, 6) is 1.81. The van der Waals surface area contributed by atoms with E-state index < -0.39 is 17.6 Å². The van der Waals surface area contributed by atoms with Crippen LogP contribution in [-0.4, -0.2) is 4.32 Å². The predicted molar refractivity (Wildman–Crippen MR) is 101 cm³/mol. The third-order valence-corrected chi connectivity index (χ3v) is 10.7. The van der Waals surface area contributed by atoms with E-state index in [0.29, 0.717) is 0 Å². The number of hydrogen-bond donors (Lipinski definition) is 2. The normalized spacial score (nSPS) is 14.2. The van der Waals surface area contributed by atoms with Crippen molar-refractivity contribution in [3.63, 3.8) is 0 Å². The van der Waals surface area contributed by atoms with Crippen molar-refractivity contribution in [2.24, 2.45) is 11.8 Å². The minimum absolute atomic E-state index is 0.738. The first kappa shape index (κ1) is 21.9. The average Bonchev–Trinajstić information content (AvgIpc) is 2.46. The second-order valence-electron chi connectivity index (χ2n) is 6.07. The van der Waals surface area contributed by atoms with Crippen molar-refractivity contribution in [2.45, 2.75) is 88.7 Å². The molecular formula is C17H36MoNS2. The maximum atomic E-state index is 5.22. The van der Waals surface area contributed by atoms with Gasteiger partial charge in [0.1, 0.15) is 0 Å². The molecule has 4 heteroatoms. The number of nitrogens with one attached hydrogen (secondary N) is 1. The van der Waals surface area contributed by atoms with Gasteiger partial charge in [0.15, 0.2) is 0 Å². The topological polar surface area (TPSA) is 12.0 Å². The Kier molecular flexibility index (Phi) is 15.2. The molecule has 1 nitrogen and oxygen atoms in total. The molecule has 1 N–H and O–H groups in total. The number of unbranched alkanes of at least 4 members (excludes halogenated alkanes) is 2. The zero-order valence-corrected chi connectivity index (χ0v) is 18.2. The van der Waals surface area contributed by atoms with Crippen LogP contribution in [0.5, 0.6) is 0 Å².